The molecule has 1 aliphatic carbocycles. The Morgan fingerprint density at radius 3 is 2.41 bits per heavy atom. The second-order valence-electron chi connectivity index (χ2n) is 8.38. The van der Waals surface area contributed by atoms with E-state index in [0.29, 0.717) is 22.2 Å². The fraction of sp³-hybridized carbons (Fsp3) is 0.250. The van der Waals surface area contributed by atoms with Crippen molar-refractivity contribution in [1.82, 2.24) is 9.88 Å². The number of benzene rings is 2. The van der Waals surface area contributed by atoms with Crippen LogP contribution in [0.15, 0.2) is 53.3 Å². The number of nitriles is 1. The summed E-state index contributed by atoms with van der Waals surface area (Å²) >= 11 is 0. The van der Waals surface area contributed by atoms with E-state index in [1.807, 2.05) is 6.07 Å². The van der Waals surface area contributed by atoms with Gasteiger partial charge in [0.05, 0.1) is 22.8 Å². The average molecular weight is 479 g/mol. The average Bonchev–Trinajstić information content (AvgIpc) is 3.62. The number of nitrogens with zero attached hydrogens (tertiary/aromatic N) is 2. The maximum absolute atomic E-state index is 13.0. The van der Waals surface area contributed by atoms with Crippen molar-refractivity contribution in [2.45, 2.75) is 24.1 Å². The van der Waals surface area contributed by atoms with Crippen LogP contribution < -0.4 is 16.2 Å². The standard InChI is InChI=1S/C24H22N4O5S/c1-28-20-17(4-3-5-19(20)27-23(31)24(10-11-24)34(2,32)33)12-18(22(28)30)21(29)26-14-16-8-6-15(13-25)7-9-16/h3-9,12H,10-11,14H2,1-2H3,(H,26,29)(H,27,31). The molecule has 2 N–H and O–H groups in total. The number of amides is 2. The third-order valence-electron chi connectivity index (χ3n) is 6.09. The van der Waals surface area contributed by atoms with Crippen LogP contribution in [0.5, 0.6) is 0 Å². The molecule has 0 radical (unpaired) electrons. The second-order valence-corrected chi connectivity index (χ2v) is 10.7. The lowest BCUT2D eigenvalue weighted by Gasteiger charge is -2.17. The van der Waals surface area contributed by atoms with Gasteiger partial charge in [-0.15, -0.1) is 0 Å². The van der Waals surface area contributed by atoms with Gasteiger partial charge in [-0.3, -0.25) is 14.4 Å². The van der Waals surface area contributed by atoms with Gasteiger partial charge < -0.3 is 15.2 Å². The lowest BCUT2D eigenvalue weighted by atomic mass is 10.1. The van der Waals surface area contributed by atoms with Crippen LogP contribution in [0, 0.1) is 11.3 Å². The highest BCUT2D eigenvalue weighted by atomic mass is 32.2. The van der Waals surface area contributed by atoms with Gasteiger partial charge in [-0.1, -0.05) is 24.3 Å². The number of carbonyl (C=O) groups excluding carboxylic acids is 2. The molecule has 10 heteroatoms. The van der Waals surface area contributed by atoms with Crippen LogP contribution in [-0.2, 0) is 28.2 Å². The molecule has 2 amide bonds. The van der Waals surface area contributed by atoms with Crippen molar-refractivity contribution < 1.29 is 18.0 Å². The third-order valence-corrected chi connectivity index (χ3v) is 8.11. The minimum atomic E-state index is -3.58. The fourth-order valence-electron chi connectivity index (χ4n) is 3.91. The first-order valence-corrected chi connectivity index (χ1v) is 12.4. The van der Waals surface area contributed by atoms with Crippen LogP contribution in [0.4, 0.5) is 5.69 Å². The molecule has 0 spiro atoms. The third kappa shape index (κ3) is 4.06. The maximum atomic E-state index is 13.0. The van der Waals surface area contributed by atoms with Gasteiger partial charge >= 0.3 is 0 Å². The molecule has 1 aromatic heterocycles. The Morgan fingerprint density at radius 1 is 1.15 bits per heavy atom. The molecule has 0 saturated heterocycles. The minimum absolute atomic E-state index is 0.0677. The highest BCUT2D eigenvalue weighted by Crippen LogP contribution is 2.44. The van der Waals surface area contributed by atoms with E-state index in [4.69, 9.17) is 5.26 Å². The van der Waals surface area contributed by atoms with Gasteiger partial charge in [0.2, 0.25) is 5.91 Å². The zero-order chi connectivity index (χ0) is 24.7. The molecular weight excluding hydrogens is 456 g/mol. The summed E-state index contributed by atoms with van der Waals surface area (Å²) in [7, 11) is -2.10. The minimum Gasteiger partial charge on any atom is -0.348 e. The molecule has 1 aliphatic rings. The lowest BCUT2D eigenvalue weighted by Crippen LogP contribution is -2.37. The van der Waals surface area contributed by atoms with Crippen molar-refractivity contribution >= 4 is 38.2 Å². The molecule has 0 bridgehead atoms. The Bertz CT molecular complexity index is 1530. The summed E-state index contributed by atoms with van der Waals surface area (Å²) in [6.45, 7) is 0.176. The number of anilines is 1. The van der Waals surface area contributed by atoms with Gasteiger partial charge in [-0.05, 0) is 42.7 Å². The van der Waals surface area contributed by atoms with E-state index in [9.17, 15) is 22.8 Å². The molecule has 1 saturated carbocycles. The number of sulfone groups is 1. The number of nitrogens with one attached hydrogen (secondary N) is 2. The van der Waals surface area contributed by atoms with Crippen molar-refractivity contribution in [3.63, 3.8) is 0 Å². The molecule has 1 fully saturated rings. The van der Waals surface area contributed by atoms with Crippen molar-refractivity contribution in [2.75, 3.05) is 11.6 Å². The molecule has 0 unspecified atom stereocenters. The number of aromatic nitrogens is 1. The Morgan fingerprint density at radius 2 is 1.82 bits per heavy atom. The molecule has 2 aromatic carbocycles. The zero-order valence-electron chi connectivity index (χ0n) is 18.6. The van der Waals surface area contributed by atoms with Gasteiger partial charge in [-0.2, -0.15) is 5.26 Å². The van der Waals surface area contributed by atoms with Gasteiger partial charge in [-0.25, -0.2) is 8.42 Å². The topological polar surface area (TPSA) is 138 Å². The van der Waals surface area contributed by atoms with Crippen LogP contribution in [0.25, 0.3) is 10.9 Å². The summed E-state index contributed by atoms with van der Waals surface area (Å²) < 4.78 is 24.0. The predicted octanol–water partition coefficient (Wildman–Crippen LogP) is 1.86. The molecule has 34 heavy (non-hydrogen) atoms. The Labute approximate surface area is 195 Å². The molecule has 9 nitrogen and oxygen atoms in total. The molecule has 1 heterocycles. The number of pyridine rings is 1. The number of aryl methyl sites for hydroxylation is 1. The van der Waals surface area contributed by atoms with Gasteiger partial charge in [0.25, 0.3) is 11.5 Å². The first-order valence-electron chi connectivity index (χ1n) is 10.5. The number of fused-ring (bicyclic) bond motifs is 1. The highest BCUT2D eigenvalue weighted by molar-refractivity contribution is 7.93. The Hall–Kier alpha value is -3.97. The molecule has 4 rings (SSSR count). The second kappa shape index (κ2) is 8.43. The normalized spacial score (nSPS) is 14.3. The zero-order valence-corrected chi connectivity index (χ0v) is 19.4. The quantitative estimate of drug-likeness (QED) is 0.555. The highest BCUT2D eigenvalue weighted by Gasteiger charge is 2.58. The van der Waals surface area contributed by atoms with Crippen LogP contribution in [0.1, 0.15) is 34.3 Å². The molecule has 174 valence electrons. The summed E-state index contributed by atoms with van der Waals surface area (Å²) in [6, 6.07) is 15.1. The van der Waals surface area contributed by atoms with Crippen LogP contribution >= 0.6 is 0 Å². The van der Waals surface area contributed by atoms with Crippen molar-refractivity contribution in [3.05, 3.63) is 75.6 Å². The van der Waals surface area contributed by atoms with Crippen LogP contribution in [0.2, 0.25) is 0 Å². The SMILES string of the molecule is Cn1c(=O)c(C(=O)NCc2ccc(C#N)cc2)cc2cccc(NC(=O)C3(S(C)(=O)=O)CC3)c21. The van der Waals surface area contributed by atoms with Gasteiger partial charge in [0.15, 0.2) is 14.6 Å². The van der Waals surface area contributed by atoms with E-state index in [1.165, 1.54) is 17.7 Å². The molecular formula is C24H22N4O5S. The molecule has 0 aliphatic heterocycles. The summed E-state index contributed by atoms with van der Waals surface area (Å²) in [5.41, 5.74) is 1.33. The summed E-state index contributed by atoms with van der Waals surface area (Å²) in [5, 5.41) is 14.8. The maximum Gasteiger partial charge on any atom is 0.263 e. The van der Waals surface area contributed by atoms with E-state index in [2.05, 4.69) is 10.6 Å². The van der Waals surface area contributed by atoms with Crippen molar-refractivity contribution in [1.29, 1.82) is 5.26 Å². The number of para-hydroxylation sites is 1. The van der Waals surface area contributed by atoms with Crippen molar-refractivity contribution in [2.24, 2.45) is 7.05 Å². The van der Waals surface area contributed by atoms with Gasteiger partial charge in [0.1, 0.15) is 5.56 Å². The number of hydrogen-bond acceptors (Lipinski definition) is 6. The van der Waals surface area contributed by atoms with E-state index < -0.39 is 32.0 Å². The summed E-state index contributed by atoms with van der Waals surface area (Å²) in [6.07, 6.45) is 1.55. The first-order chi connectivity index (χ1) is 16.1. The molecule has 0 atom stereocenters. The van der Waals surface area contributed by atoms with E-state index in [1.54, 1.807) is 42.5 Å². The largest absolute Gasteiger partial charge is 0.348 e. The monoisotopic (exact) mass is 478 g/mol. The van der Waals surface area contributed by atoms with E-state index >= 15 is 0 Å². The lowest BCUT2D eigenvalue weighted by molar-refractivity contribution is -0.116. The Kier molecular flexibility index (Phi) is 5.75. The molecule has 3 aromatic rings. The van der Waals surface area contributed by atoms with Crippen LogP contribution in [-0.4, -0.2) is 35.8 Å². The Balaban J connectivity index is 1.62. The van der Waals surface area contributed by atoms with Gasteiger partial charge in [0, 0.05) is 25.2 Å². The first kappa shape index (κ1) is 23.2. The number of hydrogen-bond donors (Lipinski definition) is 2. The van der Waals surface area contributed by atoms with E-state index in [0.717, 1.165) is 11.8 Å². The van der Waals surface area contributed by atoms with Crippen molar-refractivity contribution in [3.8, 4) is 6.07 Å². The van der Waals surface area contributed by atoms with Crippen LogP contribution in [0.3, 0.4) is 0 Å². The predicted molar refractivity (Wildman–Crippen MR) is 127 cm³/mol. The smallest absolute Gasteiger partial charge is 0.263 e. The number of rotatable bonds is 6. The summed E-state index contributed by atoms with van der Waals surface area (Å²) in [4.78, 5) is 38.5. The fourth-order valence-corrected chi connectivity index (χ4v) is 5.14. The van der Waals surface area contributed by atoms with E-state index in [-0.39, 0.29) is 24.9 Å². The summed E-state index contributed by atoms with van der Waals surface area (Å²) in [5.74, 6) is -1.19. The number of carbonyl (C=O) groups is 2.